The maximum absolute atomic E-state index is 12.3. The van der Waals surface area contributed by atoms with Gasteiger partial charge in [-0.1, -0.05) is 30.3 Å². The Morgan fingerprint density at radius 3 is 2.57 bits per heavy atom. The molecule has 0 aliphatic rings. The first-order valence-corrected chi connectivity index (χ1v) is 9.58. The molecule has 0 saturated heterocycles. The summed E-state index contributed by atoms with van der Waals surface area (Å²) in [5.74, 6) is 1.10. The second-order valence-electron chi connectivity index (χ2n) is 6.66. The number of aromatic nitrogens is 3. The van der Waals surface area contributed by atoms with E-state index >= 15 is 0 Å². The molecule has 1 amide bonds. The van der Waals surface area contributed by atoms with Crippen LogP contribution in [-0.4, -0.2) is 34.7 Å². The Bertz CT molecular complexity index is 1140. The maximum atomic E-state index is 12.3. The van der Waals surface area contributed by atoms with Crippen LogP contribution in [0, 0.1) is 0 Å². The minimum absolute atomic E-state index is 0.255. The lowest BCUT2D eigenvalue weighted by atomic mass is 10.1. The quantitative estimate of drug-likeness (QED) is 0.492. The minimum Gasteiger partial charge on any atom is -0.497 e. The van der Waals surface area contributed by atoms with Gasteiger partial charge in [0.05, 0.1) is 18.3 Å². The first kappa shape index (κ1) is 19.3. The lowest BCUT2D eigenvalue weighted by Gasteiger charge is -2.09. The normalized spacial score (nSPS) is 10.6. The summed E-state index contributed by atoms with van der Waals surface area (Å²) in [6.07, 6.45) is 2.47. The minimum atomic E-state index is -0.255. The molecule has 0 atom stereocenters. The molecule has 0 radical (unpaired) electrons. The summed E-state index contributed by atoms with van der Waals surface area (Å²) in [4.78, 5) is 16.7. The van der Waals surface area contributed by atoms with Crippen LogP contribution in [-0.2, 0) is 6.42 Å². The van der Waals surface area contributed by atoms with Crippen molar-refractivity contribution in [3.05, 3.63) is 84.2 Å². The molecule has 7 nitrogen and oxygen atoms in total. The summed E-state index contributed by atoms with van der Waals surface area (Å²) in [5.41, 5.74) is 3.07. The van der Waals surface area contributed by atoms with E-state index in [1.807, 2.05) is 54.6 Å². The van der Waals surface area contributed by atoms with Gasteiger partial charge in [0.25, 0.3) is 5.91 Å². The van der Waals surface area contributed by atoms with Gasteiger partial charge in [-0.15, -0.1) is 10.2 Å². The third-order valence-corrected chi connectivity index (χ3v) is 4.65. The first-order chi connectivity index (χ1) is 14.7. The fourth-order valence-electron chi connectivity index (χ4n) is 3.07. The molecular formula is C23H21N5O2. The van der Waals surface area contributed by atoms with Gasteiger partial charge in [-0.3, -0.25) is 9.78 Å². The molecule has 0 spiro atoms. The Balaban J connectivity index is 1.35. The van der Waals surface area contributed by atoms with Crippen molar-refractivity contribution in [1.29, 1.82) is 0 Å². The van der Waals surface area contributed by atoms with E-state index in [1.165, 1.54) is 0 Å². The number of carbonyl (C=O) groups excluding carboxylic acids is 1. The number of anilines is 2. The highest BCUT2D eigenvalue weighted by Crippen LogP contribution is 2.23. The van der Waals surface area contributed by atoms with Gasteiger partial charge in [0, 0.05) is 18.1 Å². The van der Waals surface area contributed by atoms with Crippen molar-refractivity contribution in [2.45, 2.75) is 6.42 Å². The Kier molecular flexibility index (Phi) is 5.80. The number of rotatable bonds is 7. The summed E-state index contributed by atoms with van der Waals surface area (Å²) in [6.45, 7) is 0.508. The van der Waals surface area contributed by atoms with Gasteiger partial charge in [-0.05, 0) is 48.4 Å². The van der Waals surface area contributed by atoms with Crippen molar-refractivity contribution in [3.63, 3.8) is 0 Å². The molecule has 0 bridgehead atoms. The lowest BCUT2D eigenvalue weighted by Crippen LogP contribution is -2.26. The molecule has 0 unspecified atom stereocenters. The lowest BCUT2D eigenvalue weighted by molar-refractivity contribution is 0.0948. The number of ether oxygens (including phenoxy) is 1. The van der Waals surface area contributed by atoms with Crippen molar-refractivity contribution < 1.29 is 9.53 Å². The SMILES string of the molecule is COc1ccc(CCNC(=O)c2ccc(Nc3cccc4cccnc34)nn2)cc1. The van der Waals surface area contributed by atoms with Gasteiger partial charge < -0.3 is 15.4 Å². The summed E-state index contributed by atoms with van der Waals surface area (Å²) in [7, 11) is 1.63. The van der Waals surface area contributed by atoms with Gasteiger partial charge in [0.1, 0.15) is 5.75 Å². The van der Waals surface area contributed by atoms with E-state index in [9.17, 15) is 4.79 Å². The number of carbonyl (C=O) groups is 1. The van der Waals surface area contributed by atoms with Crippen LogP contribution in [0.25, 0.3) is 10.9 Å². The van der Waals surface area contributed by atoms with E-state index in [4.69, 9.17) is 4.74 Å². The van der Waals surface area contributed by atoms with Crippen LogP contribution in [0.5, 0.6) is 5.75 Å². The highest BCUT2D eigenvalue weighted by Gasteiger charge is 2.09. The molecule has 0 aliphatic heterocycles. The van der Waals surface area contributed by atoms with Crippen molar-refractivity contribution >= 4 is 28.3 Å². The maximum Gasteiger partial charge on any atom is 0.271 e. The molecule has 30 heavy (non-hydrogen) atoms. The fourth-order valence-corrected chi connectivity index (χ4v) is 3.07. The number of hydrogen-bond donors (Lipinski definition) is 2. The average molecular weight is 399 g/mol. The van der Waals surface area contributed by atoms with Crippen LogP contribution in [0.1, 0.15) is 16.1 Å². The van der Waals surface area contributed by atoms with Crippen LogP contribution in [0.2, 0.25) is 0 Å². The molecule has 2 aromatic carbocycles. The largest absolute Gasteiger partial charge is 0.497 e. The summed E-state index contributed by atoms with van der Waals surface area (Å²) >= 11 is 0. The van der Waals surface area contributed by atoms with Crippen LogP contribution in [0.4, 0.5) is 11.5 Å². The highest BCUT2D eigenvalue weighted by atomic mass is 16.5. The number of fused-ring (bicyclic) bond motifs is 1. The predicted octanol–water partition coefficient (Wildman–Crippen LogP) is 3.75. The number of methoxy groups -OCH3 is 1. The molecule has 4 rings (SSSR count). The molecule has 7 heteroatoms. The van der Waals surface area contributed by atoms with Gasteiger partial charge in [0.15, 0.2) is 11.5 Å². The first-order valence-electron chi connectivity index (χ1n) is 9.58. The van der Waals surface area contributed by atoms with Gasteiger partial charge >= 0.3 is 0 Å². The Morgan fingerprint density at radius 2 is 1.80 bits per heavy atom. The van der Waals surface area contributed by atoms with Crippen molar-refractivity contribution in [2.75, 3.05) is 19.0 Å². The summed E-state index contributed by atoms with van der Waals surface area (Å²) < 4.78 is 5.14. The van der Waals surface area contributed by atoms with E-state index in [1.54, 1.807) is 25.4 Å². The van der Waals surface area contributed by atoms with E-state index < -0.39 is 0 Å². The Morgan fingerprint density at radius 1 is 0.967 bits per heavy atom. The Hall–Kier alpha value is -4.00. The van der Waals surface area contributed by atoms with Gasteiger partial charge in [0.2, 0.25) is 0 Å². The molecular weight excluding hydrogens is 378 g/mol. The average Bonchev–Trinajstić information content (AvgIpc) is 2.80. The molecule has 150 valence electrons. The van der Waals surface area contributed by atoms with E-state index in [2.05, 4.69) is 25.8 Å². The van der Waals surface area contributed by atoms with Crippen LogP contribution in [0.15, 0.2) is 72.9 Å². The standard InChI is InChI=1S/C23H21N5O2/c1-30-18-9-7-16(8-10-18)13-15-25-23(29)20-11-12-21(28-27-20)26-19-6-2-4-17-5-3-14-24-22(17)19/h2-12,14H,13,15H2,1H3,(H,25,29)(H,26,28). The third kappa shape index (κ3) is 4.52. The third-order valence-electron chi connectivity index (χ3n) is 4.65. The summed E-state index contributed by atoms with van der Waals surface area (Å²) in [5, 5.41) is 15.3. The number of pyridine rings is 1. The number of nitrogens with one attached hydrogen (secondary N) is 2. The van der Waals surface area contributed by atoms with Crippen molar-refractivity contribution in [3.8, 4) is 5.75 Å². The van der Waals surface area contributed by atoms with Gasteiger partial charge in [-0.2, -0.15) is 0 Å². The number of benzene rings is 2. The molecule has 0 saturated carbocycles. The molecule has 2 aromatic heterocycles. The molecule has 2 N–H and O–H groups in total. The van der Waals surface area contributed by atoms with E-state index in [-0.39, 0.29) is 11.6 Å². The smallest absolute Gasteiger partial charge is 0.271 e. The summed E-state index contributed by atoms with van der Waals surface area (Å²) in [6, 6.07) is 20.9. The Labute approximate surface area is 174 Å². The zero-order valence-electron chi connectivity index (χ0n) is 16.5. The number of amides is 1. The zero-order chi connectivity index (χ0) is 20.8. The number of hydrogen-bond acceptors (Lipinski definition) is 6. The zero-order valence-corrected chi connectivity index (χ0v) is 16.5. The van der Waals surface area contributed by atoms with E-state index in [0.717, 1.165) is 34.3 Å². The van der Waals surface area contributed by atoms with Crippen LogP contribution >= 0.6 is 0 Å². The van der Waals surface area contributed by atoms with Crippen molar-refractivity contribution in [2.24, 2.45) is 0 Å². The van der Waals surface area contributed by atoms with Crippen molar-refractivity contribution in [1.82, 2.24) is 20.5 Å². The van der Waals surface area contributed by atoms with Crippen LogP contribution < -0.4 is 15.4 Å². The fraction of sp³-hybridized carbons (Fsp3) is 0.130. The molecule has 0 fully saturated rings. The molecule has 4 aromatic rings. The molecule has 0 aliphatic carbocycles. The molecule has 2 heterocycles. The number of para-hydroxylation sites is 1. The highest BCUT2D eigenvalue weighted by molar-refractivity contribution is 5.93. The second kappa shape index (κ2) is 9.00. The predicted molar refractivity (Wildman–Crippen MR) is 116 cm³/mol. The monoisotopic (exact) mass is 399 g/mol. The number of nitrogens with zero attached hydrogens (tertiary/aromatic N) is 3. The topological polar surface area (TPSA) is 89.0 Å². The van der Waals surface area contributed by atoms with E-state index in [0.29, 0.717) is 12.4 Å². The van der Waals surface area contributed by atoms with Crippen LogP contribution in [0.3, 0.4) is 0 Å². The second-order valence-corrected chi connectivity index (χ2v) is 6.66. The van der Waals surface area contributed by atoms with Gasteiger partial charge in [-0.25, -0.2) is 0 Å².